The molecule has 0 aliphatic heterocycles. The number of carboxylic acids is 1. The first-order valence-electron chi connectivity index (χ1n) is 8.43. The predicted molar refractivity (Wildman–Crippen MR) is 97.3 cm³/mol. The lowest BCUT2D eigenvalue weighted by Crippen LogP contribution is -2.04. The summed E-state index contributed by atoms with van der Waals surface area (Å²) < 4.78 is 2.14. The Bertz CT molecular complexity index is 987. The zero-order valence-electron chi connectivity index (χ0n) is 14.4. The third-order valence-corrected chi connectivity index (χ3v) is 4.23. The molecule has 0 aromatic carbocycles. The zero-order chi connectivity index (χ0) is 18.5. The molecule has 0 aliphatic rings. The molecule has 2 N–H and O–H groups in total. The highest BCUT2D eigenvalue weighted by atomic mass is 16.4. The van der Waals surface area contributed by atoms with Crippen LogP contribution in [0.2, 0.25) is 0 Å². The Morgan fingerprint density at radius 3 is 2.88 bits per heavy atom. The molecule has 0 amide bonds. The fourth-order valence-electron chi connectivity index (χ4n) is 2.89. The maximum absolute atomic E-state index is 11.2. The number of carbonyl (C=O) groups is 1. The minimum atomic E-state index is -1.00. The molecule has 0 aliphatic carbocycles. The second-order valence-corrected chi connectivity index (χ2v) is 5.99. The van der Waals surface area contributed by atoms with Crippen molar-refractivity contribution in [3.63, 3.8) is 0 Å². The number of unbranched alkanes of at least 4 members (excludes halogenated alkanes) is 1. The van der Waals surface area contributed by atoms with Gasteiger partial charge >= 0.3 is 5.97 Å². The van der Waals surface area contributed by atoms with Crippen LogP contribution in [0.25, 0.3) is 22.3 Å². The van der Waals surface area contributed by atoms with E-state index in [1.165, 1.54) is 18.3 Å². The first-order valence-corrected chi connectivity index (χ1v) is 8.43. The molecule has 0 saturated carbocycles. The van der Waals surface area contributed by atoms with Gasteiger partial charge in [-0.3, -0.25) is 9.97 Å². The molecule has 0 radical (unpaired) electrons. The molecular weight excluding hydrogens is 330 g/mol. The molecule has 0 atom stereocenters. The summed E-state index contributed by atoms with van der Waals surface area (Å²) in [5.74, 6) is -1.00. The predicted octanol–water partition coefficient (Wildman–Crippen LogP) is 3.17. The first-order chi connectivity index (χ1) is 12.6. The van der Waals surface area contributed by atoms with E-state index >= 15 is 0 Å². The number of rotatable bonds is 7. The number of nitrogens with one attached hydrogen (secondary N) is 1. The van der Waals surface area contributed by atoms with Crippen molar-refractivity contribution in [2.24, 2.45) is 0 Å². The van der Waals surface area contributed by atoms with Crippen molar-refractivity contribution < 1.29 is 9.90 Å². The highest BCUT2D eigenvalue weighted by Gasteiger charge is 2.13. The normalized spacial score (nSPS) is 10.6. The van der Waals surface area contributed by atoms with Crippen LogP contribution in [-0.2, 0) is 13.1 Å². The SMILES string of the molecule is CCCCn1cc(CNC#N)c2cc(-c3cc(C(=O)O)ccn3)ncc21. The summed E-state index contributed by atoms with van der Waals surface area (Å²) in [6.07, 6.45) is 9.38. The highest BCUT2D eigenvalue weighted by molar-refractivity contribution is 5.90. The number of nitriles is 1. The van der Waals surface area contributed by atoms with E-state index in [0.717, 1.165) is 35.9 Å². The molecule has 3 aromatic heterocycles. The molecule has 3 rings (SSSR count). The Kier molecular flexibility index (Phi) is 5.13. The third-order valence-electron chi connectivity index (χ3n) is 4.23. The molecule has 3 heterocycles. The van der Waals surface area contributed by atoms with Gasteiger partial charge in [-0.05, 0) is 30.2 Å². The summed E-state index contributed by atoms with van der Waals surface area (Å²) >= 11 is 0. The summed E-state index contributed by atoms with van der Waals surface area (Å²) in [4.78, 5) is 19.9. The highest BCUT2D eigenvalue weighted by Crippen LogP contribution is 2.26. The average Bonchev–Trinajstić information content (AvgIpc) is 3.01. The first kappa shape index (κ1) is 17.4. The number of carboxylic acid groups (broad SMARTS) is 1. The Morgan fingerprint density at radius 2 is 2.15 bits per heavy atom. The maximum Gasteiger partial charge on any atom is 0.335 e. The number of aryl methyl sites for hydroxylation is 1. The number of aromatic nitrogens is 3. The van der Waals surface area contributed by atoms with E-state index in [0.29, 0.717) is 17.9 Å². The number of hydrogen-bond donors (Lipinski definition) is 2. The topological polar surface area (TPSA) is 104 Å². The van der Waals surface area contributed by atoms with Crippen LogP contribution in [0.15, 0.2) is 36.8 Å². The van der Waals surface area contributed by atoms with E-state index in [1.807, 2.05) is 18.5 Å². The van der Waals surface area contributed by atoms with Gasteiger partial charge in [0.25, 0.3) is 0 Å². The van der Waals surface area contributed by atoms with E-state index in [4.69, 9.17) is 10.4 Å². The van der Waals surface area contributed by atoms with Crippen LogP contribution in [0.4, 0.5) is 0 Å². The van der Waals surface area contributed by atoms with E-state index in [1.54, 1.807) is 6.20 Å². The summed E-state index contributed by atoms with van der Waals surface area (Å²) in [7, 11) is 0. The van der Waals surface area contributed by atoms with E-state index in [2.05, 4.69) is 26.8 Å². The number of hydrogen-bond acceptors (Lipinski definition) is 5. The summed E-state index contributed by atoms with van der Waals surface area (Å²) in [5, 5.41) is 21.7. The lowest BCUT2D eigenvalue weighted by molar-refractivity contribution is 0.0697. The quantitative estimate of drug-likeness (QED) is 0.501. The third kappa shape index (κ3) is 3.49. The van der Waals surface area contributed by atoms with Gasteiger partial charge in [0.2, 0.25) is 0 Å². The monoisotopic (exact) mass is 349 g/mol. The van der Waals surface area contributed by atoms with Gasteiger partial charge in [-0.1, -0.05) is 13.3 Å². The Morgan fingerprint density at radius 1 is 1.35 bits per heavy atom. The summed E-state index contributed by atoms with van der Waals surface area (Å²) in [6, 6.07) is 4.87. The van der Waals surface area contributed by atoms with E-state index < -0.39 is 5.97 Å². The Labute approximate surface area is 150 Å². The molecule has 132 valence electrons. The average molecular weight is 349 g/mol. The Hall–Kier alpha value is -3.40. The molecule has 26 heavy (non-hydrogen) atoms. The molecule has 0 fully saturated rings. The number of aromatic carboxylic acids is 1. The van der Waals surface area contributed by atoms with Gasteiger partial charge in [-0.25, -0.2) is 4.79 Å². The van der Waals surface area contributed by atoms with Gasteiger partial charge < -0.3 is 15.0 Å². The fourth-order valence-corrected chi connectivity index (χ4v) is 2.89. The second kappa shape index (κ2) is 7.66. The Balaban J connectivity index is 2.07. The molecule has 0 spiro atoms. The molecule has 0 saturated heterocycles. The van der Waals surface area contributed by atoms with Crippen LogP contribution in [0.1, 0.15) is 35.7 Å². The number of fused-ring (bicyclic) bond motifs is 1. The van der Waals surface area contributed by atoms with Gasteiger partial charge in [0.05, 0.1) is 35.2 Å². The van der Waals surface area contributed by atoms with Crippen LogP contribution in [-0.4, -0.2) is 25.6 Å². The van der Waals surface area contributed by atoms with Gasteiger partial charge in [-0.15, -0.1) is 0 Å². The zero-order valence-corrected chi connectivity index (χ0v) is 14.4. The van der Waals surface area contributed by atoms with Gasteiger partial charge in [0.1, 0.15) is 0 Å². The van der Waals surface area contributed by atoms with Crippen LogP contribution in [0.5, 0.6) is 0 Å². The van der Waals surface area contributed by atoms with Crippen molar-refractivity contribution in [3.8, 4) is 17.6 Å². The van der Waals surface area contributed by atoms with Crippen molar-refractivity contribution in [2.45, 2.75) is 32.9 Å². The smallest absolute Gasteiger partial charge is 0.335 e. The molecule has 0 bridgehead atoms. The van der Waals surface area contributed by atoms with Gasteiger partial charge in [0, 0.05) is 24.3 Å². The van der Waals surface area contributed by atoms with Crippen molar-refractivity contribution in [3.05, 3.63) is 47.9 Å². The number of pyridine rings is 2. The molecule has 7 nitrogen and oxygen atoms in total. The van der Waals surface area contributed by atoms with E-state index in [-0.39, 0.29) is 5.56 Å². The van der Waals surface area contributed by atoms with Crippen molar-refractivity contribution >= 4 is 16.9 Å². The molecular formula is C19H19N5O2. The lowest BCUT2D eigenvalue weighted by atomic mass is 10.1. The second-order valence-electron chi connectivity index (χ2n) is 5.99. The van der Waals surface area contributed by atoms with Crippen molar-refractivity contribution in [1.82, 2.24) is 19.9 Å². The van der Waals surface area contributed by atoms with Crippen LogP contribution < -0.4 is 5.32 Å². The van der Waals surface area contributed by atoms with E-state index in [9.17, 15) is 4.79 Å². The fraction of sp³-hybridized carbons (Fsp3) is 0.263. The largest absolute Gasteiger partial charge is 0.478 e. The summed E-state index contributed by atoms with van der Waals surface area (Å²) in [6.45, 7) is 3.45. The van der Waals surface area contributed by atoms with Crippen molar-refractivity contribution in [2.75, 3.05) is 0 Å². The molecule has 3 aromatic rings. The summed E-state index contributed by atoms with van der Waals surface area (Å²) in [5.41, 5.74) is 3.27. The number of nitrogens with zero attached hydrogens (tertiary/aromatic N) is 4. The van der Waals surface area contributed by atoms with Gasteiger partial charge in [0.15, 0.2) is 6.19 Å². The van der Waals surface area contributed by atoms with Crippen LogP contribution in [0.3, 0.4) is 0 Å². The van der Waals surface area contributed by atoms with Crippen LogP contribution in [0, 0.1) is 11.5 Å². The molecule has 0 unspecified atom stereocenters. The van der Waals surface area contributed by atoms with Crippen LogP contribution >= 0.6 is 0 Å². The minimum absolute atomic E-state index is 0.170. The van der Waals surface area contributed by atoms with Crippen molar-refractivity contribution in [1.29, 1.82) is 5.26 Å². The molecule has 7 heteroatoms. The lowest BCUT2D eigenvalue weighted by Gasteiger charge is -2.05. The van der Waals surface area contributed by atoms with Gasteiger partial charge in [-0.2, -0.15) is 5.26 Å². The standard InChI is InChI=1S/C19H19N5O2/c1-2-3-6-24-11-14(9-21-12-20)15-8-17(23-10-18(15)24)16-7-13(19(25)26)4-5-22-16/h4-5,7-8,10-11,21H,2-3,6,9H2,1H3,(H,25,26). The minimum Gasteiger partial charge on any atom is -0.478 e. The maximum atomic E-state index is 11.2.